The molecule has 0 saturated heterocycles. The monoisotopic (exact) mass is 326 g/mol. The van der Waals surface area contributed by atoms with Crippen molar-refractivity contribution >= 4 is 23.4 Å². The van der Waals surface area contributed by atoms with Crippen molar-refractivity contribution in [1.29, 1.82) is 0 Å². The van der Waals surface area contributed by atoms with E-state index in [0.717, 1.165) is 0 Å². The molecule has 1 aromatic rings. The fourth-order valence-corrected chi connectivity index (χ4v) is 2.62. The maximum Gasteiger partial charge on any atom is 0.303 e. The zero-order valence-corrected chi connectivity index (χ0v) is 13.4. The van der Waals surface area contributed by atoms with Crippen molar-refractivity contribution in [2.75, 3.05) is 13.2 Å². The van der Waals surface area contributed by atoms with Gasteiger partial charge in [0.2, 0.25) is 0 Å². The second-order valence-corrected chi connectivity index (χ2v) is 6.57. The van der Waals surface area contributed by atoms with Gasteiger partial charge in [-0.2, -0.15) is 0 Å². The largest absolute Gasteiger partial charge is 0.486 e. The average Bonchev–Trinajstić information content (AvgIpc) is 2.42. The minimum absolute atomic E-state index is 0.0214. The number of carboxylic acids is 1. The summed E-state index contributed by atoms with van der Waals surface area (Å²) < 4.78 is 11.0. The smallest absolute Gasteiger partial charge is 0.303 e. The third kappa shape index (κ3) is 4.13. The Morgan fingerprint density at radius 2 is 1.95 bits per heavy atom. The number of carbonyl (C=O) groups excluding carboxylic acids is 1. The van der Waals surface area contributed by atoms with Crippen LogP contribution in [0.2, 0.25) is 5.02 Å². The summed E-state index contributed by atoms with van der Waals surface area (Å²) in [5.41, 5.74) is -0.0503. The Labute approximate surface area is 134 Å². The second kappa shape index (κ2) is 6.57. The van der Waals surface area contributed by atoms with Gasteiger partial charge in [0.25, 0.3) is 0 Å². The summed E-state index contributed by atoms with van der Waals surface area (Å²) in [5, 5.41) is 9.30. The van der Waals surface area contributed by atoms with E-state index in [1.165, 1.54) is 0 Å². The van der Waals surface area contributed by atoms with Crippen LogP contribution in [0.1, 0.15) is 43.5 Å². The summed E-state index contributed by atoms with van der Waals surface area (Å²) in [6.45, 7) is 4.48. The quantitative estimate of drug-likeness (QED) is 0.809. The number of aliphatic carboxylic acids is 1. The van der Waals surface area contributed by atoms with Crippen molar-refractivity contribution in [3.8, 4) is 11.5 Å². The molecular formula is C16H19ClO5. The van der Waals surface area contributed by atoms with Gasteiger partial charge in [0, 0.05) is 17.5 Å². The number of ether oxygens (including phenoxy) is 2. The summed E-state index contributed by atoms with van der Waals surface area (Å²) in [7, 11) is 0. The first-order valence-electron chi connectivity index (χ1n) is 7.13. The van der Waals surface area contributed by atoms with Crippen LogP contribution >= 0.6 is 11.6 Å². The molecule has 0 saturated carbocycles. The van der Waals surface area contributed by atoms with Gasteiger partial charge in [0.1, 0.15) is 13.2 Å². The molecule has 0 fully saturated rings. The number of rotatable bonds is 6. The Balaban J connectivity index is 2.13. The highest BCUT2D eigenvalue weighted by molar-refractivity contribution is 6.31. The molecule has 1 heterocycles. The maximum atomic E-state index is 12.5. The van der Waals surface area contributed by atoms with Crippen LogP contribution in [0.25, 0.3) is 0 Å². The van der Waals surface area contributed by atoms with E-state index in [2.05, 4.69) is 0 Å². The van der Waals surface area contributed by atoms with Crippen LogP contribution in [0.4, 0.5) is 0 Å². The molecule has 0 radical (unpaired) electrons. The SMILES string of the molecule is CC(C)(CCC(=O)c1cc(Cl)cc2c1OCCO2)CC(=O)O. The van der Waals surface area contributed by atoms with E-state index >= 15 is 0 Å². The lowest BCUT2D eigenvalue weighted by molar-refractivity contribution is -0.139. The van der Waals surface area contributed by atoms with Gasteiger partial charge in [0.05, 0.1) is 12.0 Å². The lowest BCUT2D eigenvalue weighted by Gasteiger charge is -2.23. The van der Waals surface area contributed by atoms with E-state index in [9.17, 15) is 9.59 Å². The number of carboxylic acid groups (broad SMARTS) is 1. The maximum absolute atomic E-state index is 12.5. The molecule has 1 aromatic carbocycles. The highest BCUT2D eigenvalue weighted by Crippen LogP contribution is 2.38. The zero-order chi connectivity index (χ0) is 16.3. The molecule has 0 aromatic heterocycles. The Bertz CT molecular complexity index is 594. The van der Waals surface area contributed by atoms with E-state index in [-0.39, 0.29) is 18.6 Å². The van der Waals surface area contributed by atoms with Crippen molar-refractivity contribution in [2.24, 2.45) is 5.41 Å². The fourth-order valence-electron chi connectivity index (χ4n) is 2.41. The average molecular weight is 327 g/mol. The standard InChI is InChI=1S/C16H19ClO5/c1-16(2,9-14(19)20)4-3-12(18)11-7-10(17)8-13-15(11)22-6-5-21-13/h7-8H,3-6,9H2,1-2H3,(H,19,20). The number of fused-ring (bicyclic) bond motifs is 1. The molecule has 120 valence electrons. The molecule has 0 amide bonds. The van der Waals surface area contributed by atoms with Gasteiger partial charge < -0.3 is 14.6 Å². The molecule has 0 unspecified atom stereocenters. The van der Waals surface area contributed by atoms with Gasteiger partial charge in [-0.15, -0.1) is 0 Å². The number of carbonyl (C=O) groups is 2. The minimum Gasteiger partial charge on any atom is -0.486 e. The van der Waals surface area contributed by atoms with Gasteiger partial charge in [0.15, 0.2) is 17.3 Å². The van der Waals surface area contributed by atoms with Crippen LogP contribution in [0.15, 0.2) is 12.1 Å². The topological polar surface area (TPSA) is 72.8 Å². The lowest BCUT2D eigenvalue weighted by atomic mass is 9.83. The van der Waals surface area contributed by atoms with E-state index in [0.29, 0.717) is 41.7 Å². The summed E-state index contributed by atoms with van der Waals surface area (Å²) in [5.74, 6) is -0.0828. The summed E-state index contributed by atoms with van der Waals surface area (Å²) in [6.07, 6.45) is 0.726. The third-order valence-electron chi connectivity index (χ3n) is 3.57. The van der Waals surface area contributed by atoms with Crippen molar-refractivity contribution in [3.05, 3.63) is 22.7 Å². The summed E-state index contributed by atoms with van der Waals surface area (Å²) in [4.78, 5) is 23.3. The minimum atomic E-state index is -0.866. The first kappa shape index (κ1) is 16.6. The Hall–Kier alpha value is -1.75. The second-order valence-electron chi connectivity index (χ2n) is 6.14. The molecular weight excluding hydrogens is 308 g/mol. The van der Waals surface area contributed by atoms with E-state index in [1.807, 2.05) is 13.8 Å². The van der Waals surface area contributed by atoms with Crippen LogP contribution in [0.3, 0.4) is 0 Å². The van der Waals surface area contributed by atoms with Crippen LogP contribution in [-0.2, 0) is 4.79 Å². The molecule has 5 nitrogen and oxygen atoms in total. The normalized spacial score (nSPS) is 13.8. The highest BCUT2D eigenvalue weighted by Gasteiger charge is 2.26. The fraction of sp³-hybridized carbons (Fsp3) is 0.500. The molecule has 0 spiro atoms. The van der Waals surface area contributed by atoms with Crippen LogP contribution in [-0.4, -0.2) is 30.1 Å². The number of ketones is 1. The van der Waals surface area contributed by atoms with Crippen molar-refractivity contribution < 1.29 is 24.2 Å². The third-order valence-corrected chi connectivity index (χ3v) is 3.78. The van der Waals surface area contributed by atoms with Gasteiger partial charge >= 0.3 is 5.97 Å². The summed E-state index contributed by atoms with van der Waals surface area (Å²) >= 11 is 6.02. The molecule has 2 rings (SSSR count). The molecule has 1 aliphatic rings. The number of Topliss-reactive ketones (excluding diaryl/α,β-unsaturated/α-hetero) is 1. The molecule has 0 atom stereocenters. The summed E-state index contributed by atoms with van der Waals surface area (Å²) in [6, 6.07) is 3.20. The van der Waals surface area contributed by atoms with Crippen LogP contribution < -0.4 is 9.47 Å². The molecule has 22 heavy (non-hydrogen) atoms. The highest BCUT2D eigenvalue weighted by atomic mass is 35.5. The Morgan fingerprint density at radius 3 is 2.64 bits per heavy atom. The predicted molar refractivity (Wildman–Crippen MR) is 82.0 cm³/mol. The van der Waals surface area contributed by atoms with E-state index in [1.54, 1.807) is 12.1 Å². The lowest BCUT2D eigenvalue weighted by Crippen LogP contribution is -2.20. The van der Waals surface area contributed by atoms with Crippen molar-refractivity contribution in [1.82, 2.24) is 0 Å². The number of hydrogen-bond acceptors (Lipinski definition) is 4. The van der Waals surface area contributed by atoms with Crippen LogP contribution in [0.5, 0.6) is 11.5 Å². The van der Waals surface area contributed by atoms with Gasteiger partial charge in [-0.3, -0.25) is 9.59 Å². The molecule has 0 bridgehead atoms. The van der Waals surface area contributed by atoms with Gasteiger partial charge in [-0.1, -0.05) is 25.4 Å². The first-order chi connectivity index (χ1) is 10.3. The number of hydrogen-bond donors (Lipinski definition) is 1. The molecule has 6 heteroatoms. The Kier molecular flexibility index (Phi) is 4.96. The van der Waals surface area contributed by atoms with Crippen molar-refractivity contribution in [3.63, 3.8) is 0 Å². The zero-order valence-electron chi connectivity index (χ0n) is 12.6. The molecule has 1 aliphatic heterocycles. The number of halogens is 1. The molecule has 0 aliphatic carbocycles. The van der Waals surface area contributed by atoms with E-state index in [4.69, 9.17) is 26.2 Å². The van der Waals surface area contributed by atoms with Gasteiger partial charge in [-0.25, -0.2) is 0 Å². The predicted octanol–water partition coefficient (Wildman–Crippen LogP) is 3.58. The van der Waals surface area contributed by atoms with Gasteiger partial charge in [-0.05, 0) is 17.9 Å². The van der Waals surface area contributed by atoms with E-state index < -0.39 is 11.4 Å². The van der Waals surface area contributed by atoms with Crippen LogP contribution in [0, 0.1) is 5.41 Å². The first-order valence-corrected chi connectivity index (χ1v) is 7.50. The Morgan fingerprint density at radius 1 is 1.27 bits per heavy atom. The number of benzene rings is 1. The molecule has 1 N–H and O–H groups in total. The van der Waals surface area contributed by atoms with Crippen molar-refractivity contribution in [2.45, 2.75) is 33.1 Å².